The van der Waals surface area contributed by atoms with Gasteiger partial charge in [-0.3, -0.25) is 14.4 Å². The molecule has 6 nitrogen and oxygen atoms in total. The highest BCUT2D eigenvalue weighted by molar-refractivity contribution is 5.98. The van der Waals surface area contributed by atoms with Crippen molar-refractivity contribution in [3.63, 3.8) is 0 Å². The minimum absolute atomic E-state index is 0.500. The van der Waals surface area contributed by atoms with Crippen LogP contribution in [0.3, 0.4) is 0 Å². The minimum Gasteiger partial charge on any atom is -0.489 e. The van der Waals surface area contributed by atoms with Crippen molar-refractivity contribution in [1.82, 2.24) is 24.3 Å². The first-order chi connectivity index (χ1) is 16.1. The summed E-state index contributed by atoms with van der Waals surface area (Å²) in [4.78, 5) is 16.3. The molecule has 0 radical (unpaired) electrons. The van der Waals surface area contributed by atoms with Gasteiger partial charge in [0.1, 0.15) is 23.7 Å². The van der Waals surface area contributed by atoms with Crippen molar-refractivity contribution < 1.29 is 4.74 Å². The van der Waals surface area contributed by atoms with Crippen LogP contribution in [-0.2, 0) is 0 Å². The van der Waals surface area contributed by atoms with Crippen molar-refractivity contribution in [3.05, 3.63) is 91.0 Å². The predicted molar refractivity (Wildman–Crippen MR) is 132 cm³/mol. The first-order valence-corrected chi connectivity index (χ1v) is 10.9. The number of nitrogens with zero attached hydrogens (tertiary/aromatic N) is 5. The highest BCUT2D eigenvalue weighted by Gasteiger charge is 2.19. The van der Waals surface area contributed by atoms with Crippen LogP contribution in [0.15, 0.2) is 85.3 Å². The average molecular weight is 436 g/mol. The van der Waals surface area contributed by atoms with E-state index in [1.807, 2.05) is 105 Å². The molecule has 33 heavy (non-hydrogen) atoms. The van der Waals surface area contributed by atoms with Crippen molar-refractivity contribution in [2.75, 3.05) is 20.7 Å². The van der Waals surface area contributed by atoms with Gasteiger partial charge in [0.05, 0.1) is 16.9 Å². The normalized spacial score (nSPS) is 11.5. The van der Waals surface area contributed by atoms with E-state index < -0.39 is 0 Å². The van der Waals surface area contributed by atoms with E-state index in [9.17, 15) is 0 Å². The summed E-state index contributed by atoms with van der Waals surface area (Å²) in [6.07, 6.45) is 7.83. The van der Waals surface area contributed by atoms with Crippen LogP contribution in [0, 0.1) is 6.92 Å². The Bertz CT molecular complexity index is 1470. The van der Waals surface area contributed by atoms with Crippen molar-refractivity contribution in [3.8, 4) is 28.4 Å². The fourth-order valence-corrected chi connectivity index (χ4v) is 3.93. The monoisotopic (exact) mass is 435 g/mol. The third-order valence-corrected chi connectivity index (χ3v) is 5.38. The van der Waals surface area contributed by atoms with Gasteiger partial charge >= 0.3 is 0 Å². The van der Waals surface area contributed by atoms with Crippen LogP contribution >= 0.6 is 0 Å². The molecule has 1 aromatic carbocycles. The largest absolute Gasteiger partial charge is 0.489 e. The lowest BCUT2D eigenvalue weighted by atomic mass is 10.0. The first-order valence-electron chi connectivity index (χ1n) is 10.9. The second kappa shape index (κ2) is 8.74. The molecule has 0 bridgehead atoms. The Morgan fingerprint density at radius 3 is 2.76 bits per heavy atom. The molecule has 0 saturated carbocycles. The molecule has 0 aliphatic heterocycles. The summed E-state index contributed by atoms with van der Waals surface area (Å²) in [7, 11) is 3.97. The van der Waals surface area contributed by atoms with Gasteiger partial charge in [0.2, 0.25) is 0 Å². The second-order valence-corrected chi connectivity index (χ2v) is 8.10. The van der Waals surface area contributed by atoms with Gasteiger partial charge in [0.15, 0.2) is 0 Å². The number of fused-ring (bicyclic) bond motifs is 2. The summed E-state index contributed by atoms with van der Waals surface area (Å²) < 4.78 is 8.01. The number of hydrogen-bond donors (Lipinski definition) is 0. The predicted octanol–water partition coefficient (Wildman–Crippen LogP) is 5.37. The lowest BCUT2D eigenvalue weighted by Gasteiger charge is -2.11. The number of imidazole rings is 1. The Kier molecular flexibility index (Phi) is 5.48. The van der Waals surface area contributed by atoms with E-state index in [1.54, 1.807) is 0 Å². The molecule has 5 rings (SSSR count). The summed E-state index contributed by atoms with van der Waals surface area (Å²) in [5, 5.41) is 1.04. The third-order valence-electron chi connectivity index (χ3n) is 5.38. The fourth-order valence-electron chi connectivity index (χ4n) is 3.93. The maximum atomic E-state index is 5.89. The fraction of sp³-hybridized carbons (Fsp3) is 0.148. The van der Waals surface area contributed by atoms with Crippen LogP contribution in [0.5, 0.6) is 5.75 Å². The van der Waals surface area contributed by atoms with Crippen molar-refractivity contribution in [1.29, 1.82) is 0 Å². The maximum absolute atomic E-state index is 5.89. The minimum atomic E-state index is 0.500. The molecule has 0 spiro atoms. The quantitative estimate of drug-likeness (QED) is 0.359. The van der Waals surface area contributed by atoms with E-state index in [0.717, 1.165) is 50.6 Å². The molecular formula is C27H25N5O. The van der Waals surface area contributed by atoms with Crippen LogP contribution in [0.4, 0.5) is 0 Å². The summed E-state index contributed by atoms with van der Waals surface area (Å²) in [5.74, 6) is 0.786. The molecule has 4 heterocycles. The van der Waals surface area contributed by atoms with E-state index in [4.69, 9.17) is 14.7 Å². The Hall–Kier alpha value is -4.19. The number of aryl methyl sites for hydroxylation is 1. The average Bonchev–Trinajstić information content (AvgIpc) is 3.21. The highest BCUT2D eigenvalue weighted by atomic mass is 16.5. The van der Waals surface area contributed by atoms with Gasteiger partial charge in [-0.25, -0.2) is 4.98 Å². The van der Waals surface area contributed by atoms with Crippen molar-refractivity contribution >= 4 is 16.6 Å². The molecule has 0 saturated heterocycles. The lowest BCUT2D eigenvalue weighted by Crippen LogP contribution is -2.02. The number of ether oxygens (including phenoxy) is 1. The Labute approximate surface area is 192 Å². The van der Waals surface area contributed by atoms with Gasteiger partial charge < -0.3 is 9.64 Å². The van der Waals surface area contributed by atoms with Gasteiger partial charge in [-0.2, -0.15) is 0 Å². The molecule has 0 aliphatic rings. The molecule has 6 heteroatoms. The number of pyridine rings is 3. The lowest BCUT2D eigenvalue weighted by molar-refractivity contribution is 0.360. The Morgan fingerprint density at radius 2 is 1.91 bits per heavy atom. The number of hydrogen-bond acceptors (Lipinski definition) is 5. The first kappa shape index (κ1) is 20.7. The smallest absolute Gasteiger partial charge is 0.138 e. The summed E-state index contributed by atoms with van der Waals surface area (Å²) in [6, 6.07) is 20.1. The molecule has 0 N–H and O–H groups in total. The summed E-state index contributed by atoms with van der Waals surface area (Å²) >= 11 is 0. The molecule has 5 aromatic rings. The van der Waals surface area contributed by atoms with Crippen LogP contribution in [0.1, 0.15) is 5.69 Å². The Balaban J connectivity index is 1.63. The third kappa shape index (κ3) is 4.15. The molecule has 0 fully saturated rings. The molecule has 0 aliphatic carbocycles. The zero-order valence-corrected chi connectivity index (χ0v) is 18.9. The molecule has 0 unspecified atom stereocenters. The summed E-state index contributed by atoms with van der Waals surface area (Å²) in [6.45, 7) is 2.50. The molecule has 0 atom stereocenters. The molecule has 4 aromatic heterocycles. The van der Waals surface area contributed by atoms with Gasteiger partial charge in [-0.15, -0.1) is 0 Å². The van der Waals surface area contributed by atoms with Crippen LogP contribution in [0.2, 0.25) is 0 Å². The van der Waals surface area contributed by atoms with E-state index in [-0.39, 0.29) is 0 Å². The maximum Gasteiger partial charge on any atom is 0.138 e. The molecule has 164 valence electrons. The number of rotatable bonds is 6. The van der Waals surface area contributed by atoms with E-state index in [0.29, 0.717) is 6.61 Å². The van der Waals surface area contributed by atoms with Crippen molar-refractivity contribution in [2.24, 2.45) is 0 Å². The van der Waals surface area contributed by atoms with Gasteiger partial charge in [-0.05, 0) is 61.7 Å². The zero-order valence-electron chi connectivity index (χ0n) is 18.9. The number of benzene rings is 1. The van der Waals surface area contributed by atoms with E-state index in [1.165, 1.54) is 0 Å². The van der Waals surface area contributed by atoms with Crippen molar-refractivity contribution in [2.45, 2.75) is 6.92 Å². The Morgan fingerprint density at radius 1 is 1.00 bits per heavy atom. The van der Waals surface area contributed by atoms with E-state index >= 15 is 0 Å². The SMILES string of the molecule is Cc1cccc(-c2nc3ccccn3c2-c2ccnc3cc(OC/C=C\N(C)C)ccc23)n1. The molecular weight excluding hydrogens is 410 g/mol. The summed E-state index contributed by atoms with van der Waals surface area (Å²) in [5.41, 5.74) is 6.46. The second-order valence-electron chi connectivity index (χ2n) is 8.10. The number of aromatic nitrogens is 4. The molecule has 0 amide bonds. The van der Waals surface area contributed by atoms with Gasteiger partial charge in [0.25, 0.3) is 0 Å². The van der Waals surface area contributed by atoms with Crippen LogP contribution in [0.25, 0.3) is 39.2 Å². The van der Waals surface area contributed by atoms with Gasteiger partial charge in [0, 0.05) is 49.2 Å². The topological polar surface area (TPSA) is 55.6 Å². The standard InChI is InChI=1S/C27H25N5O/c1-19-8-6-9-23(29-19)26-27(32-16-5-4-10-25(32)30-26)22-13-14-28-24-18-20(11-12-21(22)24)33-17-7-15-31(2)3/h4-16,18H,17H2,1-3H3/b15-7-. The van der Waals surface area contributed by atoms with Crippen LogP contribution < -0.4 is 4.74 Å². The highest BCUT2D eigenvalue weighted by Crippen LogP contribution is 2.36. The van der Waals surface area contributed by atoms with E-state index in [2.05, 4.69) is 15.5 Å². The van der Waals surface area contributed by atoms with Crippen LogP contribution in [-0.4, -0.2) is 45.0 Å². The van der Waals surface area contributed by atoms with Gasteiger partial charge in [-0.1, -0.05) is 12.1 Å². The zero-order chi connectivity index (χ0) is 22.8.